The number of benzene rings is 1. The van der Waals surface area contributed by atoms with Crippen molar-refractivity contribution in [2.75, 3.05) is 20.3 Å². The van der Waals surface area contributed by atoms with E-state index in [1.807, 2.05) is 29.2 Å². The van der Waals surface area contributed by atoms with Gasteiger partial charge in [0.2, 0.25) is 5.91 Å². The Bertz CT molecular complexity index is 557. The van der Waals surface area contributed by atoms with Gasteiger partial charge in [-0.15, -0.1) is 0 Å². The Morgan fingerprint density at radius 3 is 2.92 bits per heavy atom. The molecule has 1 saturated heterocycles. The molecule has 0 radical (unpaired) electrons. The molecule has 1 aromatic rings. The van der Waals surface area contributed by atoms with Gasteiger partial charge in [0, 0.05) is 31.7 Å². The first-order chi connectivity index (χ1) is 11.7. The Morgan fingerprint density at radius 1 is 1.38 bits per heavy atom. The third-order valence-corrected chi connectivity index (χ3v) is 5.09. The lowest BCUT2D eigenvalue weighted by Crippen LogP contribution is -2.40. The third-order valence-electron chi connectivity index (χ3n) is 5.09. The number of carbonyl (C=O) groups excluding carboxylic acids is 1. The van der Waals surface area contributed by atoms with E-state index in [4.69, 9.17) is 15.2 Å². The molecule has 2 N–H and O–H groups in total. The maximum Gasteiger partial charge on any atom is 0.226 e. The van der Waals surface area contributed by atoms with Crippen molar-refractivity contribution in [3.63, 3.8) is 0 Å². The number of hydrogen-bond donors (Lipinski definition) is 1. The molecule has 1 heterocycles. The maximum absolute atomic E-state index is 13.0. The van der Waals surface area contributed by atoms with Gasteiger partial charge < -0.3 is 20.1 Å². The first-order valence-electron chi connectivity index (χ1n) is 8.94. The number of amides is 1. The number of hydrogen-bond acceptors (Lipinski definition) is 4. The predicted octanol–water partition coefficient (Wildman–Crippen LogP) is 2.33. The Hall–Kier alpha value is -1.59. The lowest BCUT2D eigenvalue weighted by molar-refractivity contribution is -0.137. The van der Waals surface area contributed by atoms with E-state index in [-0.39, 0.29) is 24.0 Å². The van der Waals surface area contributed by atoms with Gasteiger partial charge in [-0.2, -0.15) is 0 Å². The van der Waals surface area contributed by atoms with Crippen LogP contribution in [0.1, 0.15) is 37.7 Å². The van der Waals surface area contributed by atoms with Crippen LogP contribution < -0.4 is 10.5 Å². The van der Waals surface area contributed by atoms with Crippen molar-refractivity contribution in [1.82, 2.24) is 4.90 Å². The van der Waals surface area contributed by atoms with Crippen LogP contribution in [0.3, 0.4) is 0 Å². The minimum absolute atomic E-state index is 0.0620. The molecule has 5 heteroatoms. The molecule has 2 fully saturated rings. The van der Waals surface area contributed by atoms with E-state index in [1.165, 1.54) is 0 Å². The molecule has 3 rings (SSSR count). The molecule has 3 atom stereocenters. The largest absolute Gasteiger partial charge is 0.497 e. The topological polar surface area (TPSA) is 64.8 Å². The highest BCUT2D eigenvalue weighted by molar-refractivity contribution is 5.79. The minimum atomic E-state index is 0.0620. The van der Waals surface area contributed by atoms with Gasteiger partial charge in [-0.05, 0) is 49.8 Å². The van der Waals surface area contributed by atoms with Gasteiger partial charge >= 0.3 is 0 Å². The van der Waals surface area contributed by atoms with Gasteiger partial charge in [0.05, 0.1) is 13.2 Å². The summed E-state index contributed by atoms with van der Waals surface area (Å²) in [6.45, 7) is 2.07. The SMILES string of the molecule is COc1cccc(CN(CC2CCCO2)C(=O)C2CCC(N)C2)c1. The van der Waals surface area contributed by atoms with Crippen molar-refractivity contribution in [3.8, 4) is 5.75 Å². The van der Waals surface area contributed by atoms with Crippen LogP contribution in [-0.4, -0.2) is 43.2 Å². The summed E-state index contributed by atoms with van der Waals surface area (Å²) in [7, 11) is 1.66. The Balaban J connectivity index is 1.71. The number of ether oxygens (including phenoxy) is 2. The molecule has 24 heavy (non-hydrogen) atoms. The molecule has 0 bridgehead atoms. The van der Waals surface area contributed by atoms with Crippen LogP contribution in [0.25, 0.3) is 0 Å². The van der Waals surface area contributed by atoms with E-state index in [0.717, 1.165) is 50.0 Å². The molecule has 0 spiro atoms. The molecule has 1 aliphatic heterocycles. The fourth-order valence-corrected chi connectivity index (χ4v) is 3.76. The number of rotatable bonds is 6. The van der Waals surface area contributed by atoms with Gasteiger partial charge in [-0.3, -0.25) is 4.79 Å². The first-order valence-corrected chi connectivity index (χ1v) is 8.94. The van der Waals surface area contributed by atoms with E-state index < -0.39 is 0 Å². The summed E-state index contributed by atoms with van der Waals surface area (Å²) in [4.78, 5) is 15.0. The lowest BCUT2D eigenvalue weighted by atomic mass is 10.0. The van der Waals surface area contributed by atoms with Gasteiger partial charge in [0.15, 0.2) is 0 Å². The summed E-state index contributed by atoms with van der Waals surface area (Å²) in [6, 6.07) is 8.09. The first kappa shape index (κ1) is 17.2. The van der Waals surface area contributed by atoms with E-state index in [0.29, 0.717) is 13.1 Å². The Labute approximate surface area is 144 Å². The molecule has 1 saturated carbocycles. The standard InChI is InChI=1S/C19H28N2O3/c1-23-17-5-2-4-14(10-17)12-21(13-18-6-3-9-24-18)19(22)15-7-8-16(20)11-15/h2,4-5,10,15-16,18H,3,6-9,11-13,20H2,1H3. The highest BCUT2D eigenvalue weighted by atomic mass is 16.5. The van der Waals surface area contributed by atoms with E-state index in [1.54, 1.807) is 7.11 Å². The lowest BCUT2D eigenvalue weighted by Gasteiger charge is -2.28. The Morgan fingerprint density at radius 2 is 2.25 bits per heavy atom. The summed E-state index contributed by atoms with van der Waals surface area (Å²) >= 11 is 0. The summed E-state index contributed by atoms with van der Waals surface area (Å²) in [5.41, 5.74) is 7.09. The minimum Gasteiger partial charge on any atom is -0.497 e. The van der Waals surface area contributed by atoms with Gasteiger partial charge in [-0.25, -0.2) is 0 Å². The average Bonchev–Trinajstić information content (AvgIpc) is 3.25. The van der Waals surface area contributed by atoms with Crippen LogP contribution in [0.5, 0.6) is 5.75 Å². The average molecular weight is 332 g/mol. The molecule has 5 nitrogen and oxygen atoms in total. The molecular weight excluding hydrogens is 304 g/mol. The second-order valence-corrected chi connectivity index (χ2v) is 6.98. The van der Waals surface area contributed by atoms with Crippen LogP contribution in [0.4, 0.5) is 0 Å². The van der Waals surface area contributed by atoms with Gasteiger partial charge in [0.1, 0.15) is 5.75 Å². The fraction of sp³-hybridized carbons (Fsp3) is 0.632. The summed E-state index contributed by atoms with van der Waals surface area (Å²) < 4.78 is 11.1. The van der Waals surface area contributed by atoms with Crippen LogP contribution in [0.15, 0.2) is 24.3 Å². The second kappa shape index (κ2) is 7.99. The van der Waals surface area contributed by atoms with Crippen LogP contribution in [0, 0.1) is 5.92 Å². The smallest absolute Gasteiger partial charge is 0.226 e. The molecule has 1 aliphatic carbocycles. The molecule has 1 aromatic carbocycles. The monoisotopic (exact) mass is 332 g/mol. The van der Waals surface area contributed by atoms with Crippen LogP contribution in [0.2, 0.25) is 0 Å². The summed E-state index contributed by atoms with van der Waals surface area (Å²) in [5, 5.41) is 0. The molecule has 0 aromatic heterocycles. The molecule has 3 unspecified atom stereocenters. The number of carbonyl (C=O) groups is 1. The van der Waals surface area contributed by atoms with E-state index in [9.17, 15) is 4.79 Å². The third kappa shape index (κ3) is 4.28. The van der Waals surface area contributed by atoms with Crippen molar-refractivity contribution >= 4 is 5.91 Å². The quantitative estimate of drug-likeness (QED) is 0.868. The zero-order valence-electron chi connectivity index (χ0n) is 14.4. The second-order valence-electron chi connectivity index (χ2n) is 6.98. The molecule has 132 valence electrons. The van der Waals surface area contributed by atoms with Crippen LogP contribution >= 0.6 is 0 Å². The van der Waals surface area contributed by atoms with Gasteiger partial charge in [-0.1, -0.05) is 12.1 Å². The van der Waals surface area contributed by atoms with Crippen molar-refractivity contribution in [2.24, 2.45) is 11.7 Å². The number of nitrogens with two attached hydrogens (primary N) is 1. The van der Waals surface area contributed by atoms with Crippen molar-refractivity contribution < 1.29 is 14.3 Å². The van der Waals surface area contributed by atoms with E-state index >= 15 is 0 Å². The summed E-state index contributed by atoms with van der Waals surface area (Å²) in [5.74, 6) is 1.10. The maximum atomic E-state index is 13.0. The Kier molecular flexibility index (Phi) is 5.74. The number of nitrogens with zero attached hydrogens (tertiary/aromatic N) is 1. The molecular formula is C19H28N2O3. The zero-order valence-corrected chi connectivity index (χ0v) is 14.4. The van der Waals surface area contributed by atoms with Crippen molar-refractivity contribution in [1.29, 1.82) is 0 Å². The highest BCUT2D eigenvalue weighted by Crippen LogP contribution is 2.28. The summed E-state index contributed by atoms with van der Waals surface area (Å²) in [6.07, 6.45) is 4.93. The van der Waals surface area contributed by atoms with Gasteiger partial charge in [0.25, 0.3) is 0 Å². The fourth-order valence-electron chi connectivity index (χ4n) is 3.76. The normalized spacial score (nSPS) is 26.5. The molecule has 2 aliphatic rings. The number of methoxy groups -OCH3 is 1. The van der Waals surface area contributed by atoms with E-state index in [2.05, 4.69) is 0 Å². The van der Waals surface area contributed by atoms with Crippen LogP contribution in [-0.2, 0) is 16.1 Å². The van der Waals surface area contributed by atoms with Crippen molar-refractivity contribution in [2.45, 2.75) is 50.8 Å². The van der Waals surface area contributed by atoms with Crippen molar-refractivity contribution in [3.05, 3.63) is 29.8 Å². The highest BCUT2D eigenvalue weighted by Gasteiger charge is 2.32. The zero-order chi connectivity index (χ0) is 16.9. The molecule has 1 amide bonds. The predicted molar refractivity (Wildman–Crippen MR) is 92.7 cm³/mol.